The highest BCUT2D eigenvalue weighted by atomic mass is 19.1. The summed E-state index contributed by atoms with van der Waals surface area (Å²) in [5.41, 5.74) is 0.0397. The highest BCUT2D eigenvalue weighted by Crippen LogP contribution is 2.48. The average Bonchev–Trinajstić information content (AvgIpc) is 3.12. The summed E-state index contributed by atoms with van der Waals surface area (Å²) < 4.78 is 18.4. The molecule has 5 heteroatoms. The molecule has 1 amide bonds. The third-order valence-electron chi connectivity index (χ3n) is 3.89. The van der Waals surface area contributed by atoms with Crippen molar-refractivity contribution in [3.8, 4) is 0 Å². The Balaban J connectivity index is 1.65. The number of halogens is 1. The van der Waals surface area contributed by atoms with Gasteiger partial charge in [0, 0.05) is 0 Å². The van der Waals surface area contributed by atoms with Crippen LogP contribution in [-0.4, -0.2) is 17.6 Å². The number of carbonyl (C=O) groups excluding carboxylic acids is 1. The van der Waals surface area contributed by atoms with Gasteiger partial charge in [0.2, 0.25) is 5.91 Å². The molecule has 2 aromatic rings. The van der Waals surface area contributed by atoms with Crippen LogP contribution in [0.3, 0.4) is 0 Å². The first-order valence-electron chi connectivity index (χ1n) is 6.88. The Morgan fingerprint density at radius 3 is 2.81 bits per heavy atom. The van der Waals surface area contributed by atoms with Gasteiger partial charge in [0.15, 0.2) is 0 Å². The van der Waals surface area contributed by atoms with Gasteiger partial charge in [0.05, 0.1) is 18.2 Å². The van der Waals surface area contributed by atoms with E-state index in [1.807, 2.05) is 0 Å². The largest absolute Gasteiger partial charge is 0.467 e. The summed E-state index contributed by atoms with van der Waals surface area (Å²) in [7, 11) is 0. The number of furan rings is 1. The van der Waals surface area contributed by atoms with E-state index in [2.05, 4.69) is 5.32 Å². The molecule has 1 unspecified atom stereocenters. The molecule has 1 aliphatic carbocycles. The molecule has 0 spiro atoms. The number of rotatable bonds is 5. The number of hydrogen-bond donors (Lipinski definition) is 2. The molecule has 1 saturated carbocycles. The van der Waals surface area contributed by atoms with Crippen molar-refractivity contribution in [2.75, 3.05) is 6.54 Å². The molecule has 4 nitrogen and oxygen atoms in total. The van der Waals surface area contributed by atoms with Crippen LogP contribution in [0.5, 0.6) is 0 Å². The van der Waals surface area contributed by atoms with Crippen molar-refractivity contribution in [2.24, 2.45) is 0 Å². The van der Waals surface area contributed by atoms with Crippen LogP contribution < -0.4 is 5.32 Å². The Kier molecular flexibility index (Phi) is 3.51. The van der Waals surface area contributed by atoms with Crippen LogP contribution in [0.25, 0.3) is 0 Å². The van der Waals surface area contributed by atoms with E-state index in [9.17, 15) is 14.3 Å². The van der Waals surface area contributed by atoms with E-state index in [0.717, 1.165) is 0 Å². The van der Waals surface area contributed by atoms with Crippen LogP contribution in [0.15, 0.2) is 47.1 Å². The molecule has 1 aromatic heterocycles. The zero-order valence-electron chi connectivity index (χ0n) is 11.4. The lowest BCUT2D eigenvalue weighted by Crippen LogP contribution is -2.37. The zero-order valence-corrected chi connectivity index (χ0v) is 11.4. The topological polar surface area (TPSA) is 62.5 Å². The first-order valence-corrected chi connectivity index (χ1v) is 6.88. The van der Waals surface area contributed by atoms with Crippen molar-refractivity contribution in [1.29, 1.82) is 0 Å². The molecular weight excluding hydrogens is 273 g/mol. The molecule has 3 rings (SSSR count). The summed E-state index contributed by atoms with van der Waals surface area (Å²) in [6.07, 6.45) is 1.97. The molecular formula is C16H16FNO3. The maximum atomic E-state index is 13.3. The molecule has 1 atom stereocenters. The van der Waals surface area contributed by atoms with E-state index >= 15 is 0 Å². The smallest absolute Gasteiger partial charge is 0.230 e. The van der Waals surface area contributed by atoms with Gasteiger partial charge >= 0.3 is 0 Å². The maximum Gasteiger partial charge on any atom is 0.230 e. The second-order valence-electron chi connectivity index (χ2n) is 5.33. The Labute approximate surface area is 121 Å². The van der Waals surface area contributed by atoms with Gasteiger partial charge < -0.3 is 14.8 Å². The number of aliphatic hydroxyl groups excluding tert-OH is 1. The summed E-state index contributed by atoms with van der Waals surface area (Å²) in [5, 5.41) is 12.6. The monoisotopic (exact) mass is 289 g/mol. The molecule has 110 valence electrons. The van der Waals surface area contributed by atoms with E-state index < -0.39 is 11.5 Å². The minimum Gasteiger partial charge on any atom is -0.467 e. The molecule has 0 aliphatic heterocycles. The Morgan fingerprint density at radius 2 is 2.19 bits per heavy atom. The summed E-state index contributed by atoms with van der Waals surface area (Å²) in [6.45, 7) is 0.0728. The fraction of sp³-hybridized carbons (Fsp3) is 0.312. The quantitative estimate of drug-likeness (QED) is 0.888. The van der Waals surface area contributed by atoms with E-state index in [1.165, 1.54) is 18.4 Å². The third-order valence-corrected chi connectivity index (χ3v) is 3.89. The Morgan fingerprint density at radius 1 is 1.38 bits per heavy atom. The van der Waals surface area contributed by atoms with Crippen molar-refractivity contribution >= 4 is 5.91 Å². The predicted octanol–water partition coefficient (Wildman–Crippen LogP) is 2.30. The molecule has 0 radical (unpaired) electrons. The van der Waals surface area contributed by atoms with Crippen molar-refractivity contribution < 1.29 is 18.7 Å². The van der Waals surface area contributed by atoms with Gasteiger partial charge in [-0.2, -0.15) is 0 Å². The van der Waals surface area contributed by atoms with Gasteiger partial charge in [-0.05, 0) is 42.7 Å². The minimum absolute atomic E-state index is 0.0728. The van der Waals surface area contributed by atoms with Crippen molar-refractivity contribution in [1.82, 2.24) is 5.32 Å². The third kappa shape index (κ3) is 2.69. The van der Waals surface area contributed by atoms with Gasteiger partial charge in [-0.1, -0.05) is 12.1 Å². The lowest BCUT2D eigenvalue weighted by Gasteiger charge is -2.17. The summed E-state index contributed by atoms with van der Waals surface area (Å²) in [4.78, 5) is 12.3. The van der Waals surface area contributed by atoms with E-state index in [-0.39, 0.29) is 18.3 Å². The molecule has 0 saturated heterocycles. The standard InChI is InChI=1S/C16H16FNO3/c17-12-4-1-3-11(9-12)16(6-7-16)15(20)18-10-13(19)14-5-2-8-21-14/h1-5,8-9,13,19H,6-7,10H2,(H,18,20). The SMILES string of the molecule is O=C(NCC(O)c1ccco1)C1(c2cccc(F)c2)CC1. The normalized spacial score (nSPS) is 17.2. The lowest BCUT2D eigenvalue weighted by molar-refractivity contribution is -0.124. The predicted molar refractivity (Wildman–Crippen MR) is 74.0 cm³/mol. The van der Waals surface area contributed by atoms with Gasteiger partial charge in [-0.3, -0.25) is 4.79 Å². The molecule has 1 fully saturated rings. The van der Waals surface area contributed by atoms with Crippen LogP contribution in [0.1, 0.15) is 30.3 Å². The van der Waals surface area contributed by atoms with E-state index in [4.69, 9.17) is 4.42 Å². The van der Waals surface area contributed by atoms with Crippen molar-refractivity contribution in [3.05, 3.63) is 59.8 Å². The van der Waals surface area contributed by atoms with Gasteiger partial charge in [-0.25, -0.2) is 4.39 Å². The average molecular weight is 289 g/mol. The highest BCUT2D eigenvalue weighted by Gasteiger charge is 2.51. The highest BCUT2D eigenvalue weighted by molar-refractivity contribution is 5.91. The molecule has 1 aliphatic rings. The number of benzene rings is 1. The Bertz CT molecular complexity index is 635. The number of aliphatic hydroxyl groups is 1. The summed E-state index contributed by atoms with van der Waals surface area (Å²) in [6, 6.07) is 9.45. The molecule has 0 bridgehead atoms. The number of hydrogen-bond acceptors (Lipinski definition) is 3. The first-order chi connectivity index (χ1) is 10.1. The minimum atomic E-state index is -0.882. The van der Waals surface area contributed by atoms with Crippen molar-refractivity contribution in [3.63, 3.8) is 0 Å². The number of nitrogens with one attached hydrogen (secondary N) is 1. The van der Waals surface area contributed by atoms with Crippen LogP contribution in [-0.2, 0) is 10.2 Å². The van der Waals surface area contributed by atoms with Crippen LogP contribution >= 0.6 is 0 Å². The molecule has 2 N–H and O–H groups in total. The lowest BCUT2D eigenvalue weighted by atomic mass is 9.95. The summed E-state index contributed by atoms with van der Waals surface area (Å²) in [5.74, 6) is -0.119. The number of carbonyl (C=O) groups is 1. The zero-order chi connectivity index (χ0) is 14.9. The van der Waals surface area contributed by atoms with E-state index in [0.29, 0.717) is 24.2 Å². The van der Waals surface area contributed by atoms with Gasteiger partial charge in [0.25, 0.3) is 0 Å². The number of amides is 1. The Hall–Kier alpha value is -2.14. The van der Waals surface area contributed by atoms with Gasteiger partial charge in [0.1, 0.15) is 17.7 Å². The molecule has 21 heavy (non-hydrogen) atoms. The first kappa shape index (κ1) is 13.8. The second kappa shape index (κ2) is 5.33. The molecule has 1 heterocycles. The van der Waals surface area contributed by atoms with Crippen molar-refractivity contribution in [2.45, 2.75) is 24.4 Å². The fourth-order valence-electron chi connectivity index (χ4n) is 2.50. The van der Waals surface area contributed by atoms with Gasteiger partial charge in [-0.15, -0.1) is 0 Å². The molecule has 1 aromatic carbocycles. The fourth-order valence-corrected chi connectivity index (χ4v) is 2.50. The van der Waals surface area contributed by atoms with Crippen LogP contribution in [0, 0.1) is 5.82 Å². The van der Waals surface area contributed by atoms with Crippen LogP contribution in [0.4, 0.5) is 4.39 Å². The van der Waals surface area contributed by atoms with Crippen LogP contribution in [0.2, 0.25) is 0 Å². The maximum absolute atomic E-state index is 13.3. The second-order valence-corrected chi connectivity index (χ2v) is 5.33. The van der Waals surface area contributed by atoms with E-state index in [1.54, 1.807) is 24.3 Å². The summed E-state index contributed by atoms with van der Waals surface area (Å²) >= 11 is 0.